The predicted octanol–water partition coefficient (Wildman–Crippen LogP) is 2.85. The quantitative estimate of drug-likeness (QED) is 0.358. The molecule has 0 aromatic heterocycles. The summed E-state index contributed by atoms with van der Waals surface area (Å²) in [4.78, 5) is 9.94. The molecular weight excluding hydrogens is 273 g/mol. The third kappa shape index (κ3) is 4.40. The van der Waals surface area contributed by atoms with Crippen molar-refractivity contribution in [1.29, 1.82) is 0 Å². The number of nitro benzene ring substituents is 1. The second-order valence-electron chi connectivity index (χ2n) is 3.65. The van der Waals surface area contributed by atoms with Gasteiger partial charge in [0.25, 0.3) is 5.69 Å². The molecule has 0 bridgehead atoms. The van der Waals surface area contributed by atoms with Gasteiger partial charge in [0.15, 0.2) is 6.29 Å². The standard InChI is InChI=1S/C11H16NO6P/c1-3-17-19(16,4-2)18-11(13)9-5-7-10(8-6-9)12(14)15/h5-8,11,13H,3-4H2,1-2H3. The highest BCUT2D eigenvalue weighted by Crippen LogP contribution is 2.50. The molecule has 0 amide bonds. The Morgan fingerprint density at radius 3 is 2.37 bits per heavy atom. The van der Waals surface area contributed by atoms with Crippen molar-refractivity contribution >= 4 is 13.3 Å². The van der Waals surface area contributed by atoms with Crippen LogP contribution in [0.2, 0.25) is 0 Å². The Hall–Kier alpha value is -1.27. The molecule has 0 heterocycles. The zero-order chi connectivity index (χ0) is 14.5. The molecule has 8 heteroatoms. The molecule has 2 unspecified atom stereocenters. The van der Waals surface area contributed by atoms with Crippen molar-refractivity contribution in [2.45, 2.75) is 20.1 Å². The fourth-order valence-corrected chi connectivity index (χ4v) is 2.58. The number of nitrogens with zero attached hydrogens (tertiary/aromatic N) is 1. The Balaban J connectivity index is 2.80. The average molecular weight is 289 g/mol. The van der Waals surface area contributed by atoms with E-state index >= 15 is 0 Å². The molecule has 0 aliphatic heterocycles. The largest absolute Gasteiger partial charge is 0.364 e. The van der Waals surface area contributed by atoms with Gasteiger partial charge < -0.3 is 9.63 Å². The number of rotatable bonds is 7. The maximum absolute atomic E-state index is 12.0. The van der Waals surface area contributed by atoms with Crippen LogP contribution in [0.3, 0.4) is 0 Å². The fraction of sp³-hybridized carbons (Fsp3) is 0.455. The van der Waals surface area contributed by atoms with E-state index in [0.717, 1.165) is 0 Å². The van der Waals surface area contributed by atoms with Gasteiger partial charge in [-0.3, -0.25) is 19.2 Å². The lowest BCUT2D eigenvalue weighted by molar-refractivity contribution is -0.384. The van der Waals surface area contributed by atoms with Gasteiger partial charge in [-0.25, -0.2) is 0 Å². The molecule has 0 fully saturated rings. The van der Waals surface area contributed by atoms with Crippen LogP contribution in [0.5, 0.6) is 0 Å². The highest BCUT2D eigenvalue weighted by atomic mass is 31.2. The molecule has 0 radical (unpaired) electrons. The first-order chi connectivity index (χ1) is 8.91. The van der Waals surface area contributed by atoms with Gasteiger partial charge in [-0.05, 0) is 19.1 Å². The summed E-state index contributed by atoms with van der Waals surface area (Å²) >= 11 is 0. The molecule has 2 atom stereocenters. The maximum Gasteiger partial charge on any atom is 0.332 e. The molecule has 1 N–H and O–H groups in total. The van der Waals surface area contributed by atoms with E-state index < -0.39 is 18.8 Å². The molecule has 7 nitrogen and oxygen atoms in total. The van der Waals surface area contributed by atoms with Crippen molar-refractivity contribution in [1.82, 2.24) is 0 Å². The van der Waals surface area contributed by atoms with E-state index in [4.69, 9.17) is 9.05 Å². The van der Waals surface area contributed by atoms with Crippen LogP contribution in [-0.4, -0.2) is 22.8 Å². The minimum atomic E-state index is -3.34. The van der Waals surface area contributed by atoms with E-state index in [1.165, 1.54) is 24.3 Å². The van der Waals surface area contributed by atoms with Gasteiger partial charge in [-0.1, -0.05) is 6.92 Å². The minimum Gasteiger partial charge on any atom is -0.364 e. The Bertz CT molecular complexity index is 475. The number of hydrogen-bond donors (Lipinski definition) is 1. The Kier molecular flexibility index (Phi) is 5.62. The highest BCUT2D eigenvalue weighted by molar-refractivity contribution is 7.53. The third-order valence-corrected chi connectivity index (χ3v) is 4.31. The van der Waals surface area contributed by atoms with Gasteiger partial charge in [-0.15, -0.1) is 0 Å². The summed E-state index contributed by atoms with van der Waals surface area (Å²) in [7, 11) is -3.34. The van der Waals surface area contributed by atoms with Gasteiger partial charge in [0.1, 0.15) is 0 Å². The second-order valence-corrected chi connectivity index (χ2v) is 5.97. The lowest BCUT2D eigenvalue weighted by atomic mass is 10.2. The molecule has 1 rings (SSSR count). The zero-order valence-corrected chi connectivity index (χ0v) is 11.6. The highest BCUT2D eigenvalue weighted by Gasteiger charge is 2.26. The first-order valence-electron chi connectivity index (χ1n) is 5.76. The maximum atomic E-state index is 12.0. The van der Waals surface area contributed by atoms with Crippen molar-refractivity contribution < 1.29 is 23.6 Å². The Morgan fingerprint density at radius 1 is 1.37 bits per heavy atom. The van der Waals surface area contributed by atoms with Crippen molar-refractivity contribution in [3.63, 3.8) is 0 Å². The Labute approximate surface area is 110 Å². The SMILES string of the molecule is CCOP(=O)(CC)OC(O)c1ccc([N+](=O)[O-])cc1. The fourth-order valence-electron chi connectivity index (χ4n) is 1.37. The summed E-state index contributed by atoms with van der Waals surface area (Å²) in [6.45, 7) is 3.50. The summed E-state index contributed by atoms with van der Waals surface area (Å²) < 4.78 is 22.1. The number of hydrogen-bond acceptors (Lipinski definition) is 6. The first kappa shape index (κ1) is 15.8. The summed E-state index contributed by atoms with van der Waals surface area (Å²) in [5.74, 6) is 0. The van der Waals surface area contributed by atoms with Gasteiger partial charge in [0.2, 0.25) is 0 Å². The van der Waals surface area contributed by atoms with Crippen LogP contribution in [0.4, 0.5) is 5.69 Å². The molecular formula is C11H16NO6P. The number of benzene rings is 1. The van der Waals surface area contributed by atoms with Crippen molar-refractivity contribution in [3.8, 4) is 0 Å². The summed E-state index contributed by atoms with van der Waals surface area (Å²) in [6.07, 6.45) is -1.32. The summed E-state index contributed by atoms with van der Waals surface area (Å²) in [5.41, 5.74) is 0.179. The topological polar surface area (TPSA) is 98.9 Å². The molecule has 0 spiro atoms. The number of non-ortho nitro benzene ring substituents is 1. The molecule has 1 aromatic carbocycles. The number of aliphatic hydroxyl groups is 1. The van der Waals surface area contributed by atoms with E-state index in [1.807, 2.05) is 0 Å². The lowest BCUT2D eigenvalue weighted by Gasteiger charge is -2.20. The van der Waals surface area contributed by atoms with Crippen LogP contribution >= 0.6 is 7.60 Å². The van der Waals surface area contributed by atoms with E-state index in [1.54, 1.807) is 13.8 Å². The van der Waals surface area contributed by atoms with Gasteiger partial charge in [-0.2, -0.15) is 0 Å². The van der Waals surface area contributed by atoms with Crippen molar-refractivity contribution in [2.75, 3.05) is 12.8 Å². The first-order valence-corrected chi connectivity index (χ1v) is 7.49. The van der Waals surface area contributed by atoms with Crippen molar-refractivity contribution in [3.05, 3.63) is 39.9 Å². The summed E-state index contributed by atoms with van der Waals surface area (Å²) in [6, 6.07) is 5.16. The van der Waals surface area contributed by atoms with E-state index in [9.17, 15) is 19.8 Å². The molecule has 0 aliphatic rings. The Morgan fingerprint density at radius 2 is 1.95 bits per heavy atom. The third-order valence-electron chi connectivity index (χ3n) is 2.36. The summed E-state index contributed by atoms with van der Waals surface area (Å²) in [5, 5.41) is 20.3. The monoisotopic (exact) mass is 289 g/mol. The molecule has 19 heavy (non-hydrogen) atoms. The smallest absolute Gasteiger partial charge is 0.332 e. The van der Waals surface area contributed by atoms with Gasteiger partial charge in [0, 0.05) is 23.9 Å². The van der Waals surface area contributed by atoms with Crippen LogP contribution in [0.25, 0.3) is 0 Å². The van der Waals surface area contributed by atoms with Crippen LogP contribution in [0.1, 0.15) is 25.7 Å². The number of aliphatic hydroxyl groups excluding tert-OH is 1. The second kappa shape index (κ2) is 6.77. The van der Waals surface area contributed by atoms with Crippen LogP contribution < -0.4 is 0 Å². The molecule has 106 valence electrons. The van der Waals surface area contributed by atoms with E-state index in [2.05, 4.69) is 0 Å². The van der Waals surface area contributed by atoms with E-state index in [0.29, 0.717) is 0 Å². The number of nitro groups is 1. The molecule has 1 aromatic rings. The minimum absolute atomic E-state index is 0.0977. The normalized spacial score (nSPS) is 15.7. The lowest BCUT2D eigenvalue weighted by Crippen LogP contribution is -2.05. The van der Waals surface area contributed by atoms with Crippen LogP contribution in [0.15, 0.2) is 24.3 Å². The predicted molar refractivity (Wildman–Crippen MR) is 68.9 cm³/mol. The van der Waals surface area contributed by atoms with Crippen LogP contribution in [-0.2, 0) is 13.6 Å². The van der Waals surface area contributed by atoms with Gasteiger partial charge >= 0.3 is 7.60 Å². The zero-order valence-electron chi connectivity index (χ0n) is 10.7. The molecule has 0 aliphatic carbocycles. The molecule has 0 saturated carbocycles. The van der Waals surface area contributed by atoms with Gasteiger partial charge in [0.05, 0.1) is 11.5 Å². The van der Waals surface area contributed by atoms with Crippen molar-refractivity contribution in [2.24, 2.45) is 0 Å². The van der Waals surface area contributed by atoms with E-state index in [-0.39, 0.29) is 24.0 Å². The molecule has 0 saturated heterocycles. The van der Waals surface area contributed by atoms with Crippen LogP contribution in [0, 0.1) is 10.1 Å². The average Bonchev–Trinajstić information content (AvgIpc) is 2.39.